The summed E-state index contributed by atoms with van der Waals surface area (Å²) in [7, 11) is 0. The standard InChI is InChI=1S/C18H35NO4S/c20-17(21)10-7-5-3-1-2-4-6-8-14-24-15-9-11-19-12-13-23-18(22)16-19/h18,22H,1-16H2,(H,20,21). The van der Waals surface area contributed by atoms with E-state index in [0.29, 0.717) is 19.6 Å². The van der Waals surface area contributed by atoms with Crippen LogP contribution in [0.5, 0.6) is 0 Å². The Kier molecular flexibility index (Phi) is 13.6. The van der Waals surface area contributed by atoms with Crippen molar-refractivity contribution in [2.75, 3.05) is 37.7 Å². The molecule has 24 heavy (non-hydrogen) atoms. The van der Waals surface area contributed by atoms with Gasteiger partial charge in [0.15, 0.2) is 6.29 Å². The van der Waals surface area contributed by atoms with Gasteiger partial charge in [0.1, 0.15) is 0 Å². The average molecular weight is 362 g/mol. The highest BCUT2D eigenvalue weighted by molar-refractivity contribution is 7.99. The number of carboxylic acids is 1. The predicted molar refractivity (Wildman–Crippen MR) is 99.5 cm³/mol. The summed E-state index contributed by atoms with van der Waals surface area (Å²) < 4.78 is 5.12. The van der Waals surface area contributed by atoms with E-state index in [-0.39, 0.29) is 0 Å². The Bertz CT molecular complexity index is 317. The highest BCUT2D eigenvalue weighted by Crippen LogP contribution is 2.13. The van der Waals surface area contributed by atoms with E-state index in [0.717, 1.165) is 25.9 Å². The summed E-state index contributed by atoms with van der Waals surface area (Å²) in [5.41, 5.74) is 0. The molecule has 1 unspecified atom stereocenters. The van der Waals surface area contributed by atoms with E-state index in [9.17, 15) is 9.90 Å². The number of unbranched alkanes of at least 4 members (excludes halogenated alkanes) is 7. The monoisotopic (exact) mass is 361 g/mol. The van der Waals surface area contributed by atoms with Gasteiger partial charge < -0.3 is 14.9 Å². The van der Waals surface area contributed by atoms with E-state index in [2.05, 4.69) is 4.90 Å². The van der Waals surface area contributed by atoms with E-state index in [4.69, 9.17) is 9.84 Å². The maximum Gasteiger partial charge on any atom is 0.303 e. The Morgan fingerprint density at radius 1 is 1.00 bits per heavy atom. The fourth-order valence-electron chi connectivity index (χ4n) is 2.92. The van der Waals surface area contributed by atoms with Gasteiger partial charge in [-0.3, -0.25) is 9.69 Å². The Hall–Kier alpha value is -0.300. The third-order valence-corrected chi connectivity index (χ3v) is 5.48. The minimum absolute atomic E-state index is 0.323. The number of morpholine rings is 1. The molecule has 0 amide bonds. The third-order valence-electron chi connectivity index (χ3n) is 4.32. The minimum atomic E-state index is -0.671. The van der Waals surface area contributed by atoms with E-state index in [1.807, 2.05) is 11.8 Å². The van der Waals surface area contributed by atoms with Crippen LogP contribution in [-0.2, 0) is 9.53 Å². The zero-order valence-corrected chi connectivity index (χ0v) is 15.8. The number of ether oxygens (including phenoxy) is 1. The van der Waals surface area contributed by atoms with Gasteiger partial charge in [0.05, 0.1) is 6.61 Å². The van der Waals surface area contributed by atoms with Crippen molar-refractivity contribution in [3.05, 3.63) is 0 Å². The number of aliphatic carboxylic acids is 1. The number of carboxylic acid groups (broad SMARTS) is 1. The molecule has 0 bridgehead atoms. The van der Waals surface area contributed by atoms with Crippen molar-refractivity contribution in [3.63, 3.8) is 0 Å². The summed E-state index contributed by atoms with van der Waals surface area (Å²) >= 11 is 2.04. The molecule has 1 rings (SSSR count). The first-order chi connectivity index (χ1) is 11.7. The molecule has 0 aromatic rings. The molecular weight excluding hydrogens is 326 g/mol. The van der Waals surface area contributed by atoms with Crippen LogP contribution in [0.4, 0.5) is 0 Å². The molecule has 1 aliphatic heterocycles. The van der Waals surface area contributed by atoms with Crippen LogP contribution in [-0.4, -0.2) is 65.1 Å². The molecule has 1 heterocycles. The topological polar surface area (TPSA) is 70.0 Å². The molecule has 1 aliphatic rings. The molecule has 1 atom stereocenters. The Balaban J connectivity index is 1.72. The zero-order chi connectivity index (χ0) is 17.5. The Morgan fingerprint density at radius 2 is 1.62 bits per heavy atom. The van der Waals surface area contributed by atoms with Crippen molar-refractivity contribution in [1.82, 2.24) is 4.90 Å². The molecule has 5 nitrogen and oxygen atoms in total. The van der Waals surface area contributed by atoms with Gasteiger partial charge in [0.25, 0.3) is 0 Å². The lowest BCUT2D eigenvalue weighted by atomic mass is 10.1. The average Bonchev–Trinajstić information content (AvgIpc) is 2.55. The number of hydrogen-bond donors (Lipinski definition) is 2. The van der Waals surface area contributed by atoms with Crippen LogP contribution in [0.15, 0.2) is 0 Å². The maximum absolute atomic E-state index is 10.4. The fourth-order valence-corrected chi connectivity index (χ4v) is 3.86. The van der Waals surface area contributed by atoms with Gasteiger partial charge in [-0.1, -0.05) is 38.5 Å². The van der Waals surface area contributed by atoms with E-state index in [1.165, 1.54) is 56.5 Å². The molecule has 0 radical (unpaired) electrons. The van der Waals surface area contributed by atoms with Crippen molar-refractivity contribution in [2.24, 2.45) is 0 Å². The van der Waals surface area contributed by atoms with Crippen LogP contribution in [0, 0.1) is 0 Å². The highest BCUT2D eigenvalue weighted by Gasteiger charge is 2.16. The molecular formula is C18H35NO4S. The number of carbonyl (C=O) groups is 1. The molecule has 1 saturated heterocycles. The lowest BCUT2D eigenvalue weighted by Crippen LogP contribution is -2.42. The molecule has 1 fully saturated rings. The molecule has 0 saturated carbocycles. The third kappa shape index (κ3) is 13.0. The van der Waals surface area contributed by atoms with Crippen LogP contribution in [0.1, 0.15) is 64.2 Å². The van der Waals surface area contributed by atoms with Crippen LogP contribution in [0.3, 0.4) is 0 Å². The first kappa shape index (κ1) is 21.7. The second-order valence-electron chi connectivity index (χ2n) is 6.56. The largest absolute Gasteiger partial charge is 0.481 e. The fraction of sp³-hybridized carbons (Fsp3) is 0.944. The predicted octanol–water partition coefficient (Wildman–Crippen LogP) is 3.36. The first-order valence-corrected chi connectivity index (χ1v) is 10.7. The summed E-state index contributed by atoms with van der Waals surface area (Å²) in [6.07, 6.45) is 10.5. The number of rotatable bonds is 15. The Labute approximate surface area is 151 Å². The lowest BCUT2D eigenvalue weighted by Gasteiger charge is -2.29. The van der Waals surface area contributed by atoms with Gasteiger partial charge in [0.2, 0.25) is 0 Å². The van der Waals surface area contributed by atoms with Crippen LogP contribution >= 0.6 is 11.8 Å². The van der Waals surface area contributed by atoms with Crippen molar-refractivity contribution < 1.29 is 19.7 Å². The van der Waals surface area contributed by atoms with Gasteiger partial charge in [0, 0.05) is 19.5 Å². The second kappa shape index (κ2) is 15.0. The van der Waals surface area contributed by atoms with Gasteiger partial charge in [-0.2, -0.15) is 11.8 Å². The molecule has 0 aliphatic carbocycles. The molecule has 2 N–H and O–H groups in total. The van der Waals surface area contributed by atoms with E-state index < -0.39 is 12.3 Å². The highest BCUT2D eigenvalue weighted by atomic mass is 32.2. The quantitative estimate of drug-likeness (QED) is 0.436. The Morgan fingerprint density at radius 3 is 2.29 bits per heavy atom. The first-order valence-electron chi connectivity index (χ1n) is 9.50. The van der Waals surface area contributed by atoms with Crippen molar-refractivity contribution in [1.29, 1.82) is 0 Å². The molecule has 0 aromatic carbocycles. The summed E-state index contributed by atoms with van der Waals surface area (Å²) in [4.78, 5) is 12.7. The molecule has 0 aromatic heterocycles. The normalized spacial score (nSPS) is 18.8. The minimum Gasteiger partial charge on any atom is -0.481 e. The SMILES string of the molecule is O=C(O)CCCCCCCCCCSCCCN1CCOC(O)C1. The van der Waals surface area contributed by atoms with Crippen LogP contribution in [0.2, 0.25) is 0 Å². The molecule has 6 heteroatoms. The van der Waals surface area contributed by atoms with Gasteiger partial charge in [-0.25, -0.2) is 0 Å². The van der Waals surface area contributed by atoms with Crippen molar-refractivity contribution in [2.45, 2.75) is 70.5 Å². The molecule has 142 valence electrons. The lowest BCUT2D eigenvalue weighted by molar-refractivity contribution is -0.145. The zero-order valence-electron chi connectivity index (χ0n) is 15.0. The smallest absolute Gasteiger partial charge is 0.303 e. The number of aliphatic hydroxyl groups is 1. The second-order valence-corrected chi connectivity index (χ2v) is 7.79. The van der Waals surface area contributed by atoms with Gasteiger partial charge >= 0.3 is 5.97 Å². The van der Waals surface area contributed by atoms with Crippen LogP contribution in [0.25, 0.3) is 0 Å². The number of nitrogens with zero attached hydrogens (tertiary/aromatic N) is 1. The maximum atomic E-state index is 10.4. The summed E-state index contributed by atoms with van der Waals surface area (Å²) in [5.74, 6) is 1.79. The number of hydrogen-bond acceptors (Lipinski definition) is 5. The van der Waals surface area contributed by atoms with E-state index >= 15 is 0 Å². The van der Waals surface area contributed by atoms with Crippen molar-refractivity contribution in [3.8, 4) is 0 Å². The number of aliphatic hydroxyl groups excluding tert-OH is 1. The summed E-state index contributed by atoms with van der Waals surface area (Å²) in [6.45, 7) is 3.31. The van der Waals surface area contributed by atoms with Gasteiger partial charge in [-0.05, 0) is 37.3 Å². The van der Waals surface area contributed by atoms with Crippen molar-refractivity contribution >= 4 is 17.7 Å². The summed E-state index contributed by atoms with van der Waals surface area (Å²) in [6, 6.07) is 0. The molecule has 0 spiro atoms. The number of thioether (sulfide) groups is 1. The van der Waals surface area contributed by atoms with E-state index in [1.54, 1.807) is 0 Å². The summed E-state index contributed by atoms with van der Waals surface area (Å²) in [5, 5.41) is 18.0. The van der Waals surface area contributed by atoms with Gasteiger partial charge in [-0.15, -0.1) is 0 Å². The number of β-amino-alcohol motifs (C(OH)–C–C–N with tert-alkyl or cyclic N) is 1. The van der Waals surface area contributed by atoms with Crippen LogP contribution < -0.4 is 0 Å².